The molecule has 0 aromatic heterocycles. The van der Waals surface area contributed by atoms with Crippen molar-refractivity contribution in [2.75, 3.05) is 13.2 Å². The fourth-order valence-corrected chi connectivity index (χ4v) is 6.35. The first-order valence-electron chi connectivity index (χ1n) is 14.8. The van der Waals surface area contributed by atoms with E-state index in [1.807, 2.05) is 73.7 Å². The number of hydrogen-bond acceptors (Lipinski definition) is 7. The summed E-state index contributed by atoms with van der Waals surface area (Å²) in [6.45, 7) is 6.06. The first kappa shape index (κ1) is 29.3. The predicted molar refractivity (Wildman–Crippen MR) is 157 cm³/mol. The average molecular weight is 588 g/mol. The van der Waals surface area contributed by atoms with Crippen LogP contribution in [0.15, 0.2) is 78.9 Å². The molecule has 6 rings (SSSR count). The lowest BCUT2D eigenvalue weighted by atomic mass is 9.84. The van der Waals surface area contributed by atoms with Crippen molar-refractivity contribution in [1.82, 2.24) is 5.32 Å². The van der Waals surface area contributed by atoms with Crippen molar-refractivity contribution >= 4 is 12.1 Å². The zero-order valence-corrected chi connectivity index (χ0v) is 24.4. The van der Waals surface area contributed by atoms with Crippen LogP contribution in [0.5, 0.6) is 0 Å². The highest BCUT2D eigenvalue weighted by molar-refractivity contribution is 5.81. The number of carboxylic acid groups (broad SMARTS) is 1. The SMILES string of the molecule is CC(O[C@H]1OC2COC(c3ccccc3)O[C@@H]2[C@H](C)C1C)C(NC(=O)OCC1c2ccccc2-c2ccccc21)C(=O)O. The van der Waals surface area contributed by atoms with Gasteiger partial charge in [-0.1, -0.05) is 92.7 Å². The van der Waals surface area contributed by atoms with E-state index < -0.39 is 36.8 Å². The number of benzene rings is 3. The van der Waals surface area contributed by atoms with Gasteiger partial charge < -0.3 is 34.1 Å². The van der Waals surface area contributed by atoms with Gasteiger partial charge in [0, 0.05) is 17.4 Å². The van der Waals surface area contributed by atoms with E-state index in [9.17, 15) is 14.7 Å². The van der Waals surface area contributed by atoms with Gasteiger partial charge in [0.15, 0.2) is 18.6 Å². The van der Waals surface area contributed by atoms with E-state index in [-0.39, 0.29) is 36.6 Å². The van der Waals surface area contributed by atoms with Crippen LogP contribution in [0.25, 0.3) is 11.1 Å². The molecule has 3 aromatic rings. The number of hydrogen-bond donors (Lipinski definition) is 2. The zero-order chi connectivity index (χ0) is 30.1. The van der Waals surface area contributed by atoms with Crippen LogP contribution in [0.2, 0.25) is 0 Å². The number of carbonyl (C=O) groups excluding carboxylic acids is 1. The smallest absolute Gasteiger partial charge is 0.407 e. The van der Waals surface area contributed by atoms with Crippen LogP contribution in [0, 0.1) is 11.8 Å². The lowest BCUT2D eigenvalue weighted by Gasteiger charge is -2.48. The van der Waals surface area contributed by atoms with E-state index in [1.54, 1.807) is 6.92 Å². The topological polar surface area (TPSA) is 113 Å². The molecule has 0 radical (unpaired) electrons. The number of carbonyl (C=O) groups is 2. The first-order valence-corrected chi connectivity index (χ1v) is 14.8. The molecule has 2 saturated heterocycles. The Morgan fingerprint density at radius 2 is 1.53 bits per heavy atom. The highest BCUT2D eigenvalue weighted by Crippen LogP contribution is 2.44. The Kier molecular flexibility index (Phi) is 8.50. The van der Waals surface area contributed by atoms with Crippen LogP contribution in [-0.4, -0.2) is 61.0 Å². The molecule has 8 atom stereocenters. The molecule has 9 nitrogen and oxygen atoms in total. The van der Waals surface area contributed by atoms with Gasteiger partial charge in [-0.3, -0.25) is 0 Å². The highest BCUT2D eigenvalue weighted by Gasteiger charge is 2.47. The maximum atomic E-state index is 12.9. The molecule has 9 heteroatoms. The van der Waals surface area contributed by atoms with Gasteiger partial charge in [-0.15, -0.1) is 0 Å². The predicted octanol–water partition coefficient (Wildman–Crippen LogP) is 5.49. The molecule has 2 fully saturated rings. The summed E-state index contributed by atoms with van der Waals surface area (Å²) in [4.78, 5) is 25.1. The molecule has 0 bridgehead atoms. The molecular formula is C34H37NO8. The molecule has 0 saturated carbocycles. The minimum absolute atomic E-state index is 0.0458. The van der Waals surface area contributed by atoms with Crippen LogP contribution in [0.4, 0.5) is 4.79 Å². The molecule has 5 unspecified atom stereocenters. The third-order valence-corrected chi connectivity index (χ3v) is 8.92. The number of fused-ring (bicyclic) bond motifs is 4. The summed E-state index contributed by atoms with van der Waals surface area (Å²) in [5.41, 5.74) is 5.31. The Hall–Kier alpha value is -3.76. The lowest BCUT2D eigenvalue weighted by Crippen LogP contribution is -2.57. The highest BCUT2D eigenvalue weighted by atomic mass is 16.7. The van der Waals surface area contributed by atoms with Crippen LogP contribution in [0.1, 0.15) is 49.7 Å². The summed E-state index contributed by atoms with van der Waals surface area (Å²) >= 11 is 0. The van der Waals surface area contributed by atoms with Gasteiger partial charge in [0.05, 0.1) is 18.8 Å². The maximum Gasteiger partial charge on any atom is 0.407 e. The van der Waals surface area contributed by atoms with Gasteiger partial charge in [0.25, 0.3) is 0 Å². The molecule has 226 valence electrons. The molecule has 2 aliphatic heterocycles. The second-order valence-electron chi connectivity index (χ2n) is 11.6. The number of ether oxygens (including phenoxy) is 5. The van der Waals surface area contributed by atoms with Crippen molar-refractivity contribution in [1.29, 1.82) is 0 Å². The third-order valence-electron chi connectivity index (χ3n) is 8.92. The van der Waals surface area contributed by atoms with Crippen molar-refractivity contribution < 1.29 is 38.4 Å². The number of nitrogens with one attached hydrogen (secondary N) is 1. The summed E-state index contributed by atoms with van der Waals surface area (Å²) in [6, 6.07) is 24.5. The Morgan fingerprint density at radius 3 is 2.19 bits per heavy atom. The molecule has 3 aliphatic rings. The van der Waals surface area contributed by atoms with Crippen molar-refractivity contribution in [3.05, 3.63) is 95.6 Å². The second-order valence-corrected chi connectivity index (χ2v) is 11.6. The Morgan fingerprint density at radius 1 is 0.907 bits per heavy atom. The van der Waals surface area contributed by atoms with E-state index in [2.05, 4.69) is 24.4 Å². The van der Waals surface area contributed by atoms with Gasteiger partial charge in [-0.25, -0.2) is 9.59 Å². The number of rotatable bonds is 8. The lowest BCUT2D eigenvalue weighted by molar-refractivity contribution is -0.347. The molecule has 3 aromatic carbocycles. The number of carboxylic acids is 1. The van der Waals surface area contributed by atoms with E-state index >= 15 is 0 Å². The van der Waals surface area contributed by atoms with Gasteiger partial charge in [0.2, 0.25) is 0 Å². The average Bonchev–Trinajstić information content (AvgIpc) is 3.35. The maximum absolute atomic E-state index is 12.9. The van der Waals surface area contributed by atoms with Crippen molar-refractivity contribution in [2.24, 2.45) is 11.8 Å². The molecule has 2 N–H and O–H groups in total. The molecule has 2 heterocycles. The van der Waals surface area contributed by atoms with E-state index in [1.165, 1.54) is 0 Å². The van der Waals surface area contributed by atoms with Gasteiger partial charge in [-0.2, -0.15) is 0 Å². The Balaban J connectivity index is 1.06. The minimum atomic E-state index is -1.35. The monoisotopic (exact) mass is 587 g/mol. The van der Waals surface area contributed by atoms with Gasteiger partial charge >= 0.3 is 12.1 Å². The number of aliphatic carboxylic acids is 1. The molecular weight excluding hydrogens is 550 g/mol. The van der Waals surface area contributed by atoms with Crippen molar-refractivity contribution in [2.45, 2.75) is 63.6 Å². The quantitative estimate of drug-likeness (QED) is 0.356. The standard InChI is InChI=1S/C34H37NO8/c1-19-20(2)32(42-28-18-39-33(43-30(19)28)22-11-5-4-6-12-22)41-21(3)29(31(36)37)35-34(38)40-17-27-25-15-9-7-13-23(25)24-14-8-10-16-26(24)27/h4-16,19-21,27-30,32-33H,17-18H2,1-3H3,(H,35,38)(H,36,37)/t19-,20?,21?,28?,29?,30-,32+,33?/m1/s1. The van der Waals surface area contributed by atoms with Gasteiger partial charge in [-0.05, 0) is 35.1 Å². The Bertz CT molecular complexity index is 1400. The molecule has 0 spiro atoms. The summed E-state index contributed by atoms with van der Waals surface area (Å²) in [5, 5.41) is 12.5. The molecule has 1 amide bonds. The second kappa shape index (κ2) is 12.5. The fourth-order valence-electron chi connectivity index (χ4n) is 6.35. The van der Waals surface area contributed by atoms with Crippen LogP contribution in [-0.2, 0) is 28.5 Å². The van der Waals surface area contributed by atoms with Crippen LogP contribution < -0.4 is 5.32 Å². The summed E-state index contributed by atoms with van der Waals surface area (Å²) in [6.07, 6.45) is -3.50. The van der Waals surface area contributed by atoms with E-state index in [4.69, 9.17) is 23.7 Å². The molecule has 1 aliphatic carbocycles. The van der Waals surface area contributed by atoms with Crippen molar-refractivity contribution in [3.63, 3.8) is 0 Å². The minimum Gasteiger partial charge on any atom is -0.480 e. The largest absolute Gasteiger partial charge is 0.480 e. The normalized spacial score (nSPS) is 27.7. The zero-order valence-electron chi connectivity index (χ0n) is 24.4. The molecule has 43 heavy (non-hydrogen) atoms. The summed E-state index contributed by atoms with van der Waals surface area (Å²) < 4.78 is 30.2. The number of alkyl carbamates (subject to hydrolysis) is 1. The van der Waals surface area contributed by atoms with Crippen LogP contribution in [0.3, 0.4) is 0 Å². The van der Waals surface area contributed by atoms with Crippen LogP contribution >= 0.6 is 0 Å². The van der Waals surface area contributed by atoms with Crippen molar-refractivity contribution in [3.8, 4) is 11.1 Å². The first-order chi connectivity index (χ1) is 20.8. The summed E-state index contributed by atoms with van der Waals surface area (Å²) in [7, 11) is 0. The van der Waals surface area contributed by atoms with E-state index in [0.717, 1.165) is 27.8 Å². The Labute approximate surface area is 251 Å². The third kappa shape index (κ3) is 5.90. The fraction of sp³-hybridized carbons (Fsp3) is 0.412. The summed E-state index contributed by atoms with van der Waals surface area (Å²) in [5.74, 6) is -1.43. The van der Waals surface area contributed by atoms with E-state index in [0.29, 0.717) is 6.61 Å². The number of amides is 1. The van der Waals surface area contributed by atoms with Gasteiger partial charge in [0.1, 0.15) is 12.7 Å².